The van der Waals surface area contributed by atoms with E-state index >= 15 is 0 Å². The van der Waals surface area contributed by atoms with Crippen molar-refractivity contribution in [3.05, 3.63) is 41.1 Å². The van der Waals surface area contributed by atoms with Crippen molar-refractivity contribution in [3.8, 4) is 0 Å². The van der Waals surface area contributed by atoms with Crippen molar-refractivity contribution in [2.75, 3.05) is 45.8 Å². The molecule has 154 valence electrons. The Morgan fingerprint density at radius 2 is 1.62 bits per heavy atom. The first kappa shape index (κ1) is 19.8. The summed E-state index contributed by atoms with van der Waals surface area (Å²) in [6.07, 6.45) is 3.46. The number of carbonyl (C=O) groups excluding carboxylic acids is 2. The van der Waals surface area contributed by atoms with E-state index in [1.165, 1.54) is 6.42 Å². The summed E-state index contributed by atoms with van der Waals surface area (Å²) >= 11 is 0. The van der Waals surface area contributed by atoms with Crippen LogP contribution in [-0.2, 0) is 4.79 Å². The summed E-state index contributed by atoms with van der Waals surface area (Å²) in [4.78, 5) is 36.3. The summed E-state index contributed by atoms with van der Waals surface area (Å²) in [7, 11) is 0. The van der Waals surface area contributed by atoms with Crippen molar-refractivity contribution < 1.29 is 9.59 Å². The second kappa shape index (κ2) is 8.49. The molecule has 0 N–H and O–H groups in total. The fourth-order valence-corrected chi connectivity index (χ4v) is 4.32. The molecule has 0 atom stereocenters. The molecule has 1 aromatic heterocycles. The number of nitrogens with zero attached hydrogens (tertiary/aromatic N) is 4. The Morgan fingerprint density at radius 3 is 2.34 bits per heavy atom. The first-order chi connectivity index (χ1) is 14.0. The molecule has 0 spiro atoms. The molecule has 2 aromatic rings. The lowest BCUT2D eigenvalue weighted by Crippen LogP contribution is -2.52. The first-order valence-electron chi connectivity index (χ1n) is 10.7. The summed E-state index contributed by atoms with van der Waals surface area (Å²) < 4.78 is 0. The van der Waals surface area contributed by atoms with Crippen LogP contribution >= 0.6 is 0 Å². The molecular weight excluding hydrogens is 364 g/mol. The van der Waals surface area contributed by atoms with Crippen molar-refractivity contribution >= 4 is 22.7 Å². The largest absolute Gasteiger partial charge is 0.342 e. The van der Waals surface area contributed by atoms with Crippen LogP contribution < -0.4 is 0 Å². The van der Waals surface area contributed by atoms with Gasteiger partial charge < -0.3 is 9.80 Å². The predicted octanol–water partition coefficient (Wildman–Crippen LogP) is 2.62. The smallest absolute Gasteiger partial charge is 0.255 e. The van der Waals surface area contributed by atoms with Gasteiger partial charge in [-0.2, -0.15) is 0 Å². The van der Waals surface area contributed by atoms with E-state index in [2.05, 4.69) is 16.0 Å². The molecule has 6 nitrogen and oxygen atoms in total. The van der Waals surface area contributed by atoms with E-state index in [0.29, 0.717) is 25.2 Å². The van der Waals surface area contributed by atoms with Gasteiger partial charge >= 0.3 is 0 Å². The molecule has 0 bridgehead atoms. The minimum atomic E-state index is 0.0420. The van der Waals surface area contributed by atoms with Gasteiger partial charge in [0.05, 0.1) is 23.3 Å². The molecule has 29 heavy (non-hydrogen) atoms. The van der Waals surface area contributed by atoms with Crippen LogP contribution in [0.1, 0.15) is 40.9 Å². The molecule has 1 aromatic carbocycles. The molecule has 2 saturated heterocycles. The van der Waals surface area contributed by atoms with E-state index in [-0.39, 0.29) is 11.8 Å². The second-order valence-corrected chi connectivity index (χ2v) is 8.33. The Kier molecular flexibility index (Phi) is 5.81. The number of aromatic nitrogens is 1. The molecule has 0 saturated carbocycles. The average molecular weight is 395 g/mol. The van der Waals surface area contributed by atoms with Crippen molar-refractivity contribution in [1.29, 1.82) is 0 Å². The summed E-state index contributed by atoms with van der Waals surface area (Å²) in [6.45, 7) is 8.99. The van der Waals surface area contributed by atoms with Crippen LogP contribution in [0.5, 0.6) is 0 Å². The van der Waals surface area contributed by atoms with Crippen molar-refractivity contribution in [2.45, 2.75) is 33.1 Å². The predicted molar refractivity (Wildman–Crippen MR) is 114 cm³/mol. The van der Waals surface area contributed by atoms with E-state index in [0.717, 1.165) is 61.2 Å². The third kappa shape index (κ3) is 4.42. The highest BCUT2D eigenvalue weighted by molar-refractivity contribution is 5.98. The monoisotopic (exact) mass is 394 g/mol. The average Bonchev–Trinajstić information content (AvgIpc) is 2.74. The summed E-state index contributed by atoms with van der Waals surface area (Å²) in [5, 5.41) is 1.00. The minimum absolute atomic E-state index is 0.0420. The maximum atomic E-state index is 13.1. The first-order valence-corrected chi connectivity index (χ1v) is 10.7. The summed E-state index contributed by atoms with van der Waals surface area (Å²) in [6, 6.07) is 8.09. The fourth-order valence-electron chi connectivity index (χ4n) is 4.32. The molecule has 2 aliphatic heterocycles. The number of hydrogen-bond acceptors (Lipinski definition) is 4. The quantitative estimate of drug-likeness (QED) is 0.803. The highest BCUT2D eigenvalue weighted by Gasteiger charge is 2.26. The number of piperidine rings is 1. The molecule has 0 radical (unpaired) electrons. The molecular formula is C23H30N4O2. The SMILES string of the molecule is Cc1ccc2nc(C)c(C(=O)N3CCN(CC(=O)N4CCCCC4)CC3)cc2c1. The van der Waals surface area contributed by atoms with Crippen molar-refractivity contribution in [3.63, 3.8) is 0 Å². The highest BCUT2D eigenvalue weighted by atomic mass is 16.2. The van der Waals surface area contributed by atoms with Gasteiger partial charge in [0, 0.05) is 44.7 Å². The lowest BCUT2D eigenvalue weighted by molar-refractivity contribution is -0.133. The third-order valence-electron chi connectivity index (χ3n) is 6.12. The molecule has 2 aliphatic rings. The summed E-state index contributed by atoms with van der Waals surface area (Å²) in [5.41, 5.74) is 3.54. The number of piperazine rings is 1. The zero-order valence-corrected chi connectivity index (χ0v) is 17.5. The van der Waals surface area contributed by atoms with Crippen LogP contribution in [0.4, 0.5) is 0 Å². The molecule has 6 heteroatoms. The zero-order chi connectivity index (χ0) is 20.4. The third-order valence-corrected chi connectivity index (χ3v) is 6.12. The lowest BCUT2D eigenvalue weighted by atomic mass is 10.1. The van der Waals surface area contributed by atoms with Crippen LogP contribution in [0.15, 0.2) is 24.3 Å². The molecule has 0 aliphatic carbocycles. The standard InChI is InChI=1S/C23H30N4O2/c1-17-6-7-21-19(14-17)15-20(18(2)24-21)23(29)27-12-10-25(11-13-27)16-22(28)26-8-4-3-5-9-26/h6-7,14-15H,3-5,8-13,16H2,1-2H3. The topological polar surface area (TPSA) is 56.8 Å². The number of hydrogen-bond donors (Lipinski definition) is 0. The minimum Gasteiger partial charge on any atom is -0.342 e. The Morgan fingerprint density at radius 1 is 0.897 bits per heavy atom. The van der Waals surface area contributed by atoms with Gasteiger partial charge in [-0.15, -0.1) is 0 Å². The van der Waals surface area contributed by atoms with E-state index in [9.17, 15) is 9.59 Å². The number of pyridine rings is 1. The van der Waals surface area contributed by atoms with Crippen LogP contribution in [0, 0.1) is 13.8 Å². The molecule has 2 fully saturated rings. The molecule has 3 heterocycles. The van der Waals surface area contributed by atoms with Gasteiger partial charge in [0.15, 0.2) is 0 Å². The van der Waals surface area contributed by atoms with E-state index in [1.807, 2.05) is 41.8 Å². The lowest BCUT2D eigenvalue weighted by Gasteiger charge is -2.36. The van der Waals surface area contributed by atoms with Crippen LogP contribution in [0.25, 0.3) is 10.9 Å². The normalized spacial score (nSPS) is 18.3. The van der Waals surface area contributed by atoms with Gasteiger partial charge in [0.1, 0.15) is 0 Å². The Balaban J connectivity index is 1.38. The van der Waals surface area contributed by atoms with Crippen molar-refractivity contribution in [2.24, 2.45) is 0 Å². The van der Waals surface area contributed by atoms with E-state index < -0.39 is 0 Å². The van der Waals surface area contributed by atoms with E-state index in [4.69, 9.17) is 0 Å². The number of aryl methyl sites for hydroxylation is 2. The maximum Gasteiger partial charge on any atom is 0.255 e. The number of carbonyl (C=O) groups is 2. The summed E-state index contributed by atoms with van der Waals surface area (Å²) in [5.74, 6) is 0.273. The molecule has 4 rings (SSSR count). The number of amides is 2. The van der Waals surface area contributed by atoms with Gasteiger partial charge in [-0.1, -0.05) is 11.6 Å². The van der Waals surface area contributed by atoms with Gasteiger partial charge in [-0.25, -0.2) is 0 Å². The van der Waals surface area contributed by atoms with Gasteiger partial charge in [0.25, 0.3) is 5.91 Å². The van der Waals surface area contributed by atoms with Crippen LogP contribution in [0.2, 0.25) is 0 Å². The number of rotatable bonds is 3. The second-order valence-electron chi connectivity index (χ2n) is 8.33. The number of likely N-dealkylation sites (tertiary alicyclic amines) is 1. The van der Waals surface area contributed by atoms with Gasteiger partial charge in [-0.05, 0) is 51.3 Å². The Hall–Kier alpha value is -2.47. The molecule has 0 unspecified atom stereocenters. The number of fused-ring (bicyclic) bond motifs is 1. The van der Waals surface area contributed by atoms with Crippen molar-refractivity contribution in [1.82, 2.24) is 19.7 Å². The Bertz CT molecular complexity index is 912. The highest BCUT2D eigenvalue weighted by Crippen LogP contribution is 2.20. The van der Waals surface area contributed by atoms with Gasteiger partial charge in [0.2, 0.25) is 5.91 Å². The Labute approximate surface area is 172 Å². The van der Waals surface area contributed by atoms with Crippen LogP contribution in [0.3, 0.4) is 0 Å². The maximum absolute atomic E-state index is 13.1. The zero-order valence-electron chi connectivity index (χ0n) is 17.5. The van der Waals surface area contributed by atoms with Gasteiger partial charge in [-0.3, -0.25) is 19.5 Å². The fraction of sp³-hybridized carbons (Fsp3) is 0.522. The molecule has 2 amide bonds. The number of benzene rings is 1. The van der Waals surface area contributed by atoms with Crippen LogP contribution in [-0.4, -0.2) is 77.3 Å². The van der Waals surface area contributed by atoms with E-state index in [1.54, 1.807) is 0 Å².